The smallest absolute Gasteiger partial charge is 0.136 e. The third-order valence-electron chi connectivity index (χ3n) is 3.62. The molecule has 134 valence electrons. The van der Waals surface area contributed by atoms with Crippen molar-refractivity contribution in [3.8, 4) is 11.5 Å². The van der Waals surface area contributed by atoms with Crippen LogP contribution in [0.3, 0.4) is 0 Å². The summed E-state index contributed by atoms with van der Waals surface area (Å²) >= 11 is 0. The van der Waals surface area contributed by atoms with Crippen LogP contribution in [-0.2, 0) is 0 Å². The average molecular weight is 350 g/mol. The van der Waals surface area contributed by atoms with Crippen LogP contribution in [0.5, 0.6) is 11.5 Å². The van der Waals surface area contributed by atoms with Gasteiger partial charge in [0.2, 0.25) is 0 Å². The van der Waals surface area contributed by atoms with E-state index in [1.807, 2.05) is 67.6 Å². The number of para-hydroxylation sites is 1. The minimum Gasteiger partial charge on any atom is -0.497 e. The Balaban J connectivity index is 1.52. The van der Waals surface area contributed by atoms with E-state index in [9.17, 15) is 0 Å². The van der Waals surface area contributed by atoms with E-state index >= 15 is 0 Å². The highest BCUT2D eigenvalue weighted by Gasteiger charge is 2.03. The molecule has 0 saturated carbocycles. The van der Waals surface area contributed by atoms with Gasteiger partial charge in [-0.25, -0.2) is 9.97 Å². The van der Waals surface area contributed by atoms with E-state index in [-0.39, 0.29) is 0 Å². The van der Waals surface area contributed by atoms with Gasteiger partial charge < -0.3 is 20.1 Å². The summed E-state index contributed by atoms with van der Waals surface area (Å²) < 4.78 is 10.8. The molecule has 0 aliphatic rings. The molecule has 6 heteroatoms. The van der Waals surface area contributed by atoms with Crippen LogP contribution in [0.1, 0.15) is 5.82 Å². The fraction of sp³-hybridized carbons (Fsp3) is 0.200. The number of aromatic nitrogens is 2. The Hall–Kier alpha value is -3.28. The molecular weight excluding hydrogens is 328 g/mol. The lowest BCUT2D eigenvalue weighted by atomic mass is 10.3. The summed E-state index contributed by atoms with van der Waals surface area (Å²) in [6, 6.07) is 19.3. The molecule has 2 aromatic carbocycles. The molecule has 0 amide bonds. The zero-order valence-corrected chi connectivity index (χ0v) is 14.9. The summed E-state index contributed by atoms with van der Waals surface area (Å²) in [6.07, 6.45) is 0. The largest absolute Gasteiger partial charge is 0.497 e. The fourth-order valence-corrected chi connectivity index (χ4v) is 2.41. The lowest BCUT2D eigenvalue weighted by Crippen LogP contribution is -2.13. The molecule has 0 aliphatic heterocycles. The van der Waals surface area contributed by atoms with E-state index in [0.717, 1.165) is 28.8 Å². The van der Waals surface area contributed by atoms with Gasteiger partial charge >= 0.3 is 0 Å². The van der Waals surface area contributed by atoms with Crippen molar-refractivity contribution < 1.29 is 9.47 Å². The number of benzene rings is 2. The van der Waals surface area contributed by atoms with Gasteiger partial charge in [-0.05, 0) is 43.3 Å². The molecule has 0 bridgehead atoms. The maximum absolute atomic E-state index is 5.71. The summed E-state index contributed by atoms with van der Waals surface area (Å²) in [4.78, 5) is 8.82. The molecule has 1 heterocycles. The topological polar surface area (TPSA) is 68.3 Å². The molecule has 0 spiro atoms. The predicted molar refractivity (Wildman–Crippen MR) is 103 cm³/mol. The van der Waals surface area contributed by atoms with Gasteiger partial charge in [0.25, 0.3) is 0 Å². The third kappa shape index (κ3) is 5.11. The SMILES string of the molecule is COc1ccc(OCCNc2cc(Nc3ccccc3)nc(C)n2)cc1. The molecular formula is C20H22N4O2. The van der Waals surface area contributed by atoms with E-state index in [1.54, 1.807) is 7.11 Å². The number of rotatable bonds is 8. The predicted octanol–water partition coefficient (Wildman–Crippen LogP) is 4.03. The van der Waals surface area contributed by atoms with E-state index < -0.39 is 0 Å². The first-order chi connectivity index (χ1) is 12.7. The molecule has 2 N–H and O–H groups in total. The van der Waals surface area contributed by atoms with Crippen LogP contribution in [0.2, 0.25) is 0 Å². The number of nitrogens with zero attached hydrogens (tertiary/aromatic N) is 2. The van der Waals surface area contributed by atoms with Crippen molar-refractivity contribution in [3.63, 3.8) is 0 Å². The number of hydrogen-bond acceptors (Lipinski definition) is 6. The van der Waals surface area contributed by atoms with Crippen LogP contribution in [0.15, 0.2) is 60.7 Å². The van der Waals surface area contributed by atoms with Gasteiger partial charge in [0, 0.05) is 11.8 Å². The van der Waals surface area contributed by atoms with Crippen molar-refractivity contribution in [2.45, 2.75) is 6.92 Å². The van der Waals surface area contributed by atoms with Crippen LogP contribution in [0, 0.1) is 6.92 Å². The molecule has 3 aromatic rings. The second-order valence-electron chi connectivity index (χ2n) is 5.63. The highest BCUT2D eigenvalue weighted by atomic mass is 16.5. The van der Waals surface area contributed by atoms with Gasteiger partial charge in [-0.1, -0.05) is 18.2 Å². The van der Waals surface area contributed by atoms with Crippen molar-refractivity contribution in [2.75, 3.05) is 30.9 Å². The van der Waals surface area contributed by atoms with Crippen LogP contribution in [-0.4, -0.2) is 30.2 Å². The summed E-state index contributed by atoms with van der Waals surface area (Å²) in [5.41, 5.74) is 0.986. The summed E-state index contributed by atoms with van der Waals surface area (Å²) in [5, 5.41) is 6.54. The number of ether oxygens (including phenoxy) is 2. The molecule has 0 atom stereocenters. The highest BCUT2D eigenvalue weighted by Crippen LogP contribution is 2.18. The second kappa shape index (κ2) is 8.71. The molecule has 1 aromatic heterocycles. The standard InChI is InChI=1S/C20H22N4O2/c1-15-22-19(14-20(23-15)24-16-6-4-3-5-7-16)21-12-13-26-18-10-8-17(25-2)9-11-18/h3-11,14H,12-13H2,1-2H3,(H2,21,22,23,24). The Labute approximate surface area is 153 Å². The number of nitrogens with one attached hydrogen (secondary N) is 2. The van der Waals surface area contributed by atoms with Crippen LogP contribution in [0.4, 0.5) is 17.3 Å². The minimum atomic E-state index is 0.525. The molecule has 26 heavy (non-hydrogen) atoms. The first-order valence-electron chi connectivity index (χ1n) is 8.41. The normalized spacial score (nSPS) is 10.2. The molecule has 0 saturated heterocycles. The molecule has 6 nitrogen and oxygen atoms in total. The van der Waals surface area contributed by atoms with Gasteiger partial charge in [0.05, 0.1) is 13.7 Å². The van der Waals surface area contributed by atoms with E-state index in [2.05, 4.69) is 20.6 Å². The van der Waals surface area contributed by atoms with Crippen molar-refractivity contribution in [1.29, 1.82) is 0 Å². The third-order valence-corrected chi connectivity index (χ3v) is 3.62. The molecule has 0 radical (unpaired) electrons. The molecule has 0 unspecified atom stereocenters. The Morgan fingerprint density at radius 2 is 1.58 bits per heavy atom. The number of aryl methyl sites for hydroxylation is 1. The first kappa shape index (κ1) is 17.5. The van der Waals surface area contributed by atoms with E-state index in [1.165, 1.54) is 0 Å². The molecule has 0 fully saturated rings. The Morgan fingerprint density at radius 3 is 2.31 bits per heavy atom. The van der Waals surface area contributed by atoms with Crippen LogP contribution < -0.4 is 20.1 Å². The minimum absolute atomic E-state index is 0.525. The maximum atomic E-state index is 5.71. The summed E-state index contributed by atoms with van der Waals surface area (Å²) in [7, 11) is 1.64. The molecule has 0 aliphatic carbocycles. The van der Waals surface area contributed by atoms with Crippen molar-refractivity contribution in [2.24, 2.45) is 0 Å². The van der Waals surface area contributed by atoms with Crippen LogP contribution >= 0.6 is 0 Å². The maximum Gasteiger partial charge on any atom is 0.136 e. The van der Waals surface area contributed by atoms with Gasteiger partial charge in [-0.3, -0.25) is 0 Å². The van der Waals surface area contributed by atoms with Crippen molar-refractivity contribution >= 4 is 17.3 Å². The number of anilines is 3. The van der Waals surface area contributed by atoms with Crippen molar-refractivity contribution in [3.05, 3.63) is 66.5 Å². The van der Waals surface area contributed by atoms with E-state index in [0.29, 0.717) is 19.0 Å². The molecule has 3 rings (SSSR count). The number of methoxy groups -OCH3 is 1. The Bertz CT molecular complexity index is 823. The van der Waals surface area contributed by atoms with Gasteiger partial charge in [0.1, 0.15) is 35.6 Å². The number of hydrogen-bond donors (Lipinski definition) is 2. The van der Waals surface area contributed by atoms with E-state index in [4.69, 9.17) is 9.47 Å². The zero-order chi connectivity index (χ0) is 18.2. The second-order valence-corrected chi connectivity index (χ2v) is 5.63. The van der Waals surface area contributed by atoms with Crippen molar-refractivity contribution in [1.82, 2.24) is 9.97 Å². The Kier molecular flexibility index (Phi) is 5.88. The quantitative estimate of drug-likeness (QED) is 0.598. The fourth-order valence-electron chi connectivity index (χ4n) is 2.41. The monoisotopic (exact) mass is 350 g/mol. The lowest BCUT2D eigenvalue weighted by molar-refractivity contribution is 0.331. The lowest BCUT2D eigenvalue weighted by Gasteiger charge is -2.11. The Morgan fingerprint density at radius 1 is 0.885 bits per heavy atom. The van der Waals surface area contributed by atoms with Crippen LogP contribution in [0.25, 0.3) is 0 Å². The highest BCUT2D eigenvalue weighted by molar-refractivity contribution is 5.58. The zero-order valence-electron chi connectivity index (χ0n) is 14.9. The average Bonchev–Trinajstić information content (AvgIpc) is 2.66. The summed E-state index contributed by atoms with van der Waals surface area (Å²) in [5.74, 6) is 3.82. The van der Waals surface area contributed by atoms with Gasteiger partial charge in [0.15, 0.2) is 0 Å². The summed E-state index contributed by atoms with van der Waals surface area (Å²) in [6.45, 7) is 3.03. The van der Waals surface area contributed by atoms with Gasteiger partial charge in [-0.15, -0.1) is 0 Å². The first-order valence-corrected chi connectivity index (χ1v) is 8.41. The van der Waals surface area contributed by atoms with Gasteiger partial charge in [-0.2, -0.15) is 0 Å².